The second kappa shape index (κ2) is 10.2. The predicted octanol–water partition coefficient (Wildman–Crippen LogP) is 1.78. The van der Waals surface area contributed by atoms with Crippen molar-refractivity contribution >= 4 is 44.3 Å². The molecule has 0 amide bonds. The number of morpholine rings is 1. The van der Waals surface area contributed by atoms with Gasteiger partial charge in [0.25, 0.3) is 0 Å². The van der Waals surface area contributed by atoms with Gasteiger partial charge in [-0.3, -0.25) is 9.80 Å². The Morgan fingerprint density at radius 1 is 1.12 bits per heavy atom. The molecule has 3 N–H and O–H groups in total. The number of nitrogens with two attached hydrogens (primary N) is 1. The Bertz CT molecular complexity index is 1170. The maximum Gasteiger partial charge on any atom is 0.219 e. The molecule has 5 heterocycles. The first-order valence-corrected chi connectivity index (χ1v) is 13.4. The molecule has 1 unspecified atom stereocenters. The topological polar surface area (TPSA) is 121 Å². The van der Waals surface area contributed by atoms with Crippen LogP contribution in [0.4, 0.5) is 11.8 Å². The number of ether oxygens (including phenoxy) is 1. The number of rotatable bonds is 6. The van der Waals surface area contributed by atoms with Gasteiger partial charge in [-0.05, 0) is 18.6 Å². The van der Waals surface area contributed by atoms with Crippen LogP contribution in [0.3, 0.4) is 0 Å². The van der Waals surface area contributed by atoms with Crippen molar-refractivity contribution in [1.29, 1.82) is 0 Å². The molecule has 2 aliphatic heterocycles. The van der Waals surface area contributed by atoms with Crippen molar-refractivity contribution in [2.24, 2.45) is 0 Å². The molecule has 34 heavy (non-hydrogen) atoms. The standard InChI is InChI=1S/C22H29N7O3S2/c1-15-17-10-18(16-11-24-22(23)25-12-16)26-21(29-6-8-32-9-7-29)20(17)33-19(15)13-27-2-4-28(5-3-27)14-34(30)31/h10-12H,2-9,13-14H2,1H3,(H,30,31)(H2,23,24,25). The van der Waals surface area contributed by atoms with Gasteiger partial charge in [0.2, 0.25) is 5.95 Å². The van der Waals surface area contributed by atoms with Crippen LogP contribution >= 0.6 is 11.3 Å². The molecule has 0 spiro atoms. The highest BCUT2D eigenvalue weighted by molar-refractivity contribution is 7.79. The van der Waals surface area contributed by atoms with Crippen LogP contribution in [0, 0.1) is 6.92 Å². The summed E-state index contributed by atoms with van der Waals surface area (Å²) < 4.78 is 27.1. The van der Waals surface area contributed by atoms with Crippen molar-refractivity contribution in [2.75, 3.05) is 69.0 Å². The molecule has 3 aromatic rings. The van der Waals surface area contributed by atoms with Gasteiger partial charge >= 0.3 is 0 Å². The Morgan fingerprint density at radius 2 is 1.79 bits per heavy atom. The van der Waals surface area contributed by atoms with Gasteiger partial charge in [0, 0.05) is 74.0 Å². The van der Waals surface area contributed by atoms with Gasteiger partial charge in [-0.1, -0.05) is 0 Å². The Morgan fingerprint density at radius 3 is 2.47 bits per heavy atom. The van der Waals surface area contributed by atoms with E-state index in [4.69, 9.17) is 20.0 Å². The van der Waals surface area contributed by atoms with Crippen molar-refractivity contribution in [3.8, 4) is 11.3 Å². The predicted molar refractivity (Wildman–Crippen MR) is 135 cm³/mol. The van der Waals surface area contributed by atoms with Crippen molar-refractivity contribution in [3.05, 3.63) is 28.9 Å². The Labute approximate surface area is 205 Å². The van der Waals surface area contributed by atoms with E-state index in [0.29, 0.717) is 13.2 Å². The zero-order valence-corrected chi connectivity index (χ0v) is 20.8. The second-order valence-electron chi connectivity index (χ2n) is 8.63. The summed E-state index contributed by atoms with van der Waals surface area (Å²) in [6.45, 7) is 9.43. The fourth-order valence-electron chi connectivity index (χ4n) is 4.44. The quantitative estimate of drug-likeness (QED) is 0.482. The average Bonchev–Trinajstić information content (AvgIpc) is 3.15. The van der Waals surface area contributed by atoms with E-state index >= 15 is 0 Å². The lowest BCUT2D eigenvalue weighted by molar-refractivity contribution is 0.122. The van der Waals surface area contributed by atoms with Crippen LogP contribution in [0.1, 0.15) is 10.4 Å². The van der Waals surface area contributed by atoms with Crippen LogP contribution in [-0.4, -0.2) is 91.9 Å². The smallest absolute Gasteiger partial charge is 0.219 e. The lowest BCUT2D eigenvalue weighted by Crippen LogP contribution is -2.46. The number of pyridine rings is 1. The van der Waals surface area contributed by atoms with Crippen LogP contribution in [0.25, 0.3) is 21.3 Å². The molecule has 182 valence electrons. The van der Waals surface area contributed by atoms with Gasteiger partial charge in [-0.15, -0.1) is 11.3 Å². The summed E-state index contributed by atoms with van der Waals surface area (Å²) in [4.78, 5) is 21.5. The molecule has 10 nitrogen and oxygen atoms in total. The summed E-state index contributed by atoms with van der Waals surface area (Å²) >= 11 is 0.0372. The zero-order chi connectivity index (χ0) is 23.7. The number of hydrogen-bond acceptors (Lipinski definition) is 10. The molecule has 1 atom stereocenters. The average molecular weight is 504 g/mol. The van der Waals surface area contributed by atoms with E-state index in [0.717, 1.165) is 62.9 Å². The monoisotopic (exact) mass is 503 g/mol. The van der Waals surface area contributed by atoms with E-state index < -0.39 is 11.1 Å². The third-order valence-corrected chi connectivity index (χ3v) is 8.28. The molecule has 0 aliphatic carbocycles. The van der Waals surface area contributed by atoms with E-state index in [1.807, 2.05) is 16.2 Å². The molecule has 5 rings (SSSR count). The van der Waals surface area contributed by atoms with Crippen LogP contribution < -0.4 is 10.6 Å². The van der Waals surface area contributed by atoms with E-state index in [1.54, 1.807) is 12.4 Å². The minimum Gasteiger partial charge on any atom is -0.378 e. The number of anilines is 2. The highest BCUT2D eigenvalue weighted by Gasteiger charge is 2.24. The molecule has 0 radical (unpaired) electrons. The number of nitrogen functional groups attached to an aromatic ring is 1. The summed E-state index contributed by atoms with van der Waals surface area (Å²) in [6.07, 6.45) is 3.45. The number of piperazine rings is 1. The number of aromatic nitrogens is 3. The molecule has 2 saturated heterocycles. The first-order valence-electron chi connectivity index (χ1n) is 11.3. The molecule has 12 heteroatoms. The summed E-state index contributed by atoms with van der Waals surface area (Å²) in [5.41, 5.74) is 8.65. The normalized spacial score (nSPS) is 19.1. The summed E-state index contributed by atoms with van der Waals surface area (Å²) in [7, 11) is 0. The molecular weight excluding hydrogens is 474 g/mol. The highest BCUT2D eigenvalue weighted by Crippen LogP contribution is 2.39. The van der Waals surface area contributed by atoms with Gasteiger partial charge in [-0.2, -0.15) is 0 Å². The SMILES string of the molecule is Cc1c(CN2CCN(CS(=O)O)CC2)sc2c(N3CCOCC3)nc(-c3cnc(N)nc3)cc12. The van der Waals surface area contributed by atoms with Crippen molar-refractivity contribution in [1.82, 2.24) is 24.8 Å². The maximum atomic E-state index is 11.1. The largest absolute Gasteiger partial charge is 0.378 e. The Kier molecular flexibility index (Phi) is 7.04. The van der Waals surface area contributed by atoms with E-state index in [1.165, 1.54) is 20.5 Å². The minimum absolute atomic E-state index is 0.224. The number of thiophene rings is 1. The highest BCUT2D eigenvalue weighted by atomic mass is 32.2. The zero-order valence-electron chi connectivity index (χ0n) is 19.1. The van der Waals surface area contributed by atoms with Crippen LogP contribution in [0.2, 0.25) is 0 Å². The summed E-state index contributed by atoms with van der Waals surface area (Å²) in [5.74, 6) is 1.46. The molecule has 0 aromatic carbocycles. The Hall–Kier alpha value is -2.22. The van der Waals surface area contributed by atoms with Gasteiger partial charge in [0.15, 0.2) is 11.1 Å². The van der Waals surface area contributed by atoms with Gasteiger partial charge < -0.3 is 19.9 Å². The van der Waals surface area contributed by atoms with Crippen LogP contribution in [-0.2, 0) is 22.4 Å². The van der Waals surface area contributed by atoms with Gasteiger partial charge in [0.05, 0.1) is 23.6 Å². The van der Waals surface area contributed by atoms with Crippen LogP contribution in [0.5, 0.6) is 0 Å². The first kappa shape index (κ1) is 23.5. The van der Waals surface area contributed by atoms with Gasteiger partial charge in [-0.25, -0.2) is 19.2 Å². The maximum absolute atomic E-state index is 11.1. The molecule has 2 fully saturated rings. The lowest BCUT2D eigenvalue weighted by Gasteiger charge is -2.33. The molecule has 0 saturated carbocycles. The van der Waals surface area contributed by atoms with E-state index in [-0.39, 0.29) is 11.8 Å². The number of hydrogen-bond donors (Lipinski definition) is 2. The molecule has 3 aromatic heterocycles. The fraction of sp³-hybridized carbons (Fsp3) is 0.500. The summed E-state index contributed by atoms with van der Waals surface area (Å²) in [6, 6.07) is 2.14. The van der Waals surface area contributed by atoms with E-state index in [2.05, 4.69) is 32.8 Å². The first-order chi connectivity index (χ1) is 16.5. The van der Waals surface area contributed by atoms with Crippen LogP contribution in [0.15, 0.2) is 18.5 Å². The van der Waals surface area contributed by atoms with Crippen molar-refractivity contribution < 1.29 is 13.5 Å². The summed E-state index contributed by atoms with van der Waals surface area (Å²) in [5, 5.41) is 1.21. The second-order valence-corrected chi connectivity index (χ2v) is 10.6. The lowest BCUT2D eigenvalue weighted by atomic mass is 10.1. The number of aryl methyl sites for hydroxylation is 1. The number of nitrogens with zero attached hydrogens (tertiary/aromatic N) is 6. The molecule has 2 aliphatic rings. The molecule has 0 bridgehead atoms. The van der Waals surface area contributed by atoms with Crippen molar-refractivity contribution in [3.63, 3.8) is 0 Å². The fourth-order valence-corrected chi connectivity index (χ4v) is 6.36. The van der Waals surface area contributed by atoms with Gasteiger partial charge in [0.1, 0.15) is 11.7 Å². The molecular formula is C22H29N7O3S2. The third-order valence-electron chi connectivity index (χ3n) is 6.41. The van der Waals surface area contributed by atoms with E-state index in [9.17, 15) is 4.21 Å². The number of fused-ring (bicyclic) bond motifs is 1. The minimum atomic E-state index is -1.78. The Balaban J connectivity index is 1.47. The third kappa shape index (κ3) is 5.07. The van der Waals surface area contributed by atoms with Crippen molar-refractivity contribution in [2.45, 2.75) is 13.5 Å².